The smallest absolute Gasteiger partial charge is 0.0521 e. The third-order valence-electron chi connectivity index (χ3n) is 6.87. The molecule has 0 aromatic carbocycles. The van der Waals surface area contributed by atoms with Crippen molar-refractivity contribution in [1.82, 2.24) is 0 Å². The number of aliphatic hydroxyl groups is 1. The van der Waals surface area contributed by atoms with Gasteiger partial charge in [-0.2, -0.15) is 306 Å². The van der Waals surface area contributed by atoms with E-state index < -0.39 is 0 Å². The van der Waals surface area contributed by atoms with E-state index in [1.54, 1.807) is 0 Å². The predicted octanol–water partition coefficient (Wildman–Crippen LogP) is 12.6. The van der Waals surface area contributed by atoms with Crippen molar-refractivity contribution in [2.24, 2.45) is 0 Å². The van der Waals surface area contributed by atoms with E-state index >= 15 is 0 Å². The van der Waals surface area contributed by atoms with Gasteiger partial charge in [-0.05, 0) is 40.3 Å². The van der Waals surface area contributed by atoms with Crippen LogP contribution in [0.3, 0.4) is 0 Å². The molecule has 0 radical (unpaired) electrons. The molecule has 0 aliphatic carbocycles. The summed E-state index contributed by atoms with van der Waals surface area (Å²) in [6.07, 6.45) is 0. The molecule has 0 aromatic rings. The van der Waals surface area contributed by atoms with Gasteiger partial charge in [0.05, 0.1) is 6.61 Å². The molecule has 1 N–H and O–H groups in total. The molecule has 0 rings (SSSR count). The molecule has 0 saturated heterocycles. The largest absolute Gasteiger partial charge is 0.396 e. The Morgan fingerprint density at radius 2 is 0.492 bits per heavy atom. The number of aliphatic hydroxyl groups excluding tert-OH is 1. The summed E-state index contributed by atoms with van der Waals surface area (Å²) in [6, 6.07) is 0. The van der Waals surface area contributed by atoms with Crippen molar-refractivity contribution in [3.8, 4) is 0 Å². The van der Waals surface area contributed by atoms with Gasteiger partial charge in [-0.1, -0.05) is 0 Å². The van der Waals surface area contributed by atoms with E-state index in [2.05, 4.69) is 177 Å². The molecular formula is C37H82OS25. The van der Waals surface area contributed by atoms with Crippen LogP contribution in [0.1, 0.15) is 0 Å². The van der Waals surface area contributed by atoms with Crippen LogP contribution in [0.15, 0.2) is 0 Å². The average Bonchev–Trinajstić information content (AvgIpc) is 3.31. The lowest BCUT2D eigenvalue weighted by molar-refractivity contribution is 0.322. The van der Waals surface area contributed by atoms with Crippen molar-refractivity contribution < 1.29 is 5.11 Å². The Morgan fingerprint density at radius 3 is 0.762 bits per heavy atom. The molecule has 0 saturated carbocycles. The van der Waals surface area contributed by atoms with Gasteiger partial charge in [0.15, 0.2) is 0 Å². The second-order valence-electron chi connectivity index (χ2n) is 12.2. The summed E-state index contributed by atoms with van der Waals surface area (Å²) in [5.41, 5.74) is 0. The summed E-state index contributed by atoms with van der Waals surface area (Å²) in [5, 5.41) is 13.2. The van der Waals surface area contributed by atoms with Crippen molar-refractivity contribution in [2.75, 3.05) is 173 Å². The fourth-order valence-corrected chi connectivity index (χ4v) is 22.3. The molecule has 0 heterocycles. The number of hydrogen-bond donors (Lipinski definition) is 15. The second-order valence-corrected chi connectivity index (χ2v) is 32.1. The van der Waals surface area contributed by atoms with Crippen molar-refractivity contribution in [3.05, 3.63) is 0 Å². The van der Waals surface area contributed by atoms with E-state index in [4.69, 9.17) is 5.11 Å². The molecule has 386 valence electrons. The van der Waals surface area contributed by atoms with E-state index in [0.29, 0.717) is 36.7 Å². The van der Waals surface area contributed by atoms with Crippen LogP contribution in [0.25, 0.3) is 0 Å². The van der Waals surface area contributed by atoms with Crippen LogP contribution in [-0.4, -0.2) is 215 Å². The van der Waals surface area contributed by atoms with Crippen LogP contribution in [0.5, 0.6) is 0 Å². The zero-order chi connectivity index (χ0) is 48.0. The van der Waals surface area contributed by atoms with Crippen LogP contribution in [0.4, 0.5) is 0 Å². The Morgan fingerprint density at radius 1 is 0.254 bits per heavy atom. The fourth-order valence-electron chi connectivity index (χ4n) is 3.88. The van der Waals surface area contributed by atoms with Crippen molar-refractivity contribution >= 4 is 306 Å². The molecule has 0 aromatic heterocycles. The zero-order valence-electron chi connectivity index (χ0n) is 36.5. The molecule has 0 aliphatic heterocycles. The Labute approximate surface area is 513 Å². The summed E-state index contributed by atoms with van der Waals surface area (Å²) in [5.74, 6) is 30.2. The molecule has 26 heteroatoms. The maximum Gasteiger partial charge on any atom is 0.0521 e. The molecule has 0 aliphatic rings. The Kier molecular flexibility index (Phi) is 85.3. The Hall–Kier alpha value is 8.71. The van der Waals surface area contributed by atoms with Gasteiger partial charge in [-0.25, -0.2) is 0 Å². The van der Waals surface area contributed by atoms with E-state index in [9.17, 15) is 0 Å². The Balaban J connectivity index is -0.000000371. The van der Waals surface area contributed by atoms with Crippen LogP contribution in [0.2, 0.25) is 0 Å². The van der Waals surface area contributed by atoms with E-state index in [1.807, 2.05) is 129 Å². The molecule has 1 nitrogen and oxygen atoms in total. The first-order valence-corrected chi connectivity index (χ1v) is 41.3. The molecule has 0 bridgehead atoms. The molecular weight excluding hydrogens is 1260 g/mol. The third kappa shape index (κ3) is 61.4. The van der Waals surface area contributed by atoms with Gasteiger partial charge in [0, 0.05) is 163 Å². The number of thiol groups is 14. The van der Waals surface area contributed by atoms with Crippen molar-refractivity contribution in [1.29, 1.82) is 0 Å². The van der Waals surface area contributed by atoms with Gasteiger partial charge < -0.3 is 5.11 Å². The minimum absolute atomic E-state index is 0.261. The molecule has 7 atom stereocenters. The zero-order valence-corrected chi connectivity index (χ0v) is 58.0. The number of thioether (sulfide) groups is 11. The van der Waals surface area contributed by atoms with Gasteiger partial charge in [0.2, 0.25) is 0 Å². The highest BCUT2D eigenvalue weighted by atomic mass is 32.2. The lowest BCUT2D eigenvalue weighted by Crippen LogP contribution is -2.19. The first kappa shape index (κ1) is 78.2. The maximum atomic E-state index is 8.79. The van der Waals surface area contributed by atoms with Crippen LogP contribution in [0, 0.1) is 0 Å². The normalized spacial score (nSPS) is 14.5. The quantitative estimate of drug-likeness (QED) is 0.0211. The highest BCUT2D eigenvalue weighted by Crippen LogP contribution is 2.27. The highest BCUT2D eigenvalue weighted by Gasteiger charge is 2.16. The molecule has 0 amide bonds. The molecule has 0 spiro atoms. The molecule has 0 fully saturated rings. The van der Waals surface area contributed by atoms with Gasteiger partial charge in [0.1, 0.15) is 0 Å². The minimum atomic E-state index is 0.261. The summed E-state index contributed by atoms with van der Waals surface area (Å²) in [4.78, 5) is 0. The van der Waals surface area contributed by atoms with E-state index in [0.717, 1.165) is 138 Å². The predicted molar refractivity (Wildman–Crippen MR) is 384 cm³/mol. The van der Waals surface area contributed by atoms with Gasteiger partial charge >= 0.3 is 0 Å². The maximum absolute atomic E-state index is 8.79. The standard InChI is InChI=1S/C10H22OS6.2C10H22S7.C7H16S5/c11-1-3-16-9(5-13)7-15-8-10(6-14)17-4-2-12;11-1-3-15-7-9(5-13)17-8-10(6-14)16-4-2-12;11-1-3-15-7-9(5-13)17-10(6-14)8-16-4-2-12;8-1-3-11-6-7(5-10)12-4-2-9/h3*9-14H,1-8H2;7-10H,1-6H2. The second kappa shape index (κ2) is 68.7. The van der Waals surface area contributed by atoms with Gasteiger partial charge in [-0.3, -0.25) is 0 Å². The third-order valence-corrected chi connectivity index (χ3v) is 30.4. The SMILES string of the molecule is OCCSC(CS)CSCC(CS)SCCS.SCCSCC(CS)SC(CS)CSCCS.SCCSCC(CS)SCC(CS)SCCS.SCCSCC(CS)SCCS. The van der Waals surface area contributed by atoms with Crippen LogP contribution in [-0.2, 0) is 0 Å². The Bertz CT molecular complexity index is 774. The molecule has 63 heavy (non-hydrogen) atoms. The van der Waals surface area contributed by atoms with Crippen LogP contribution >= 0.6 is 306 Å². The number of hydrogen-bond acceptors (Lipinski definition) is 26. The fraction of sp³-hybridized carbons (Fsp3) is 1.00. The summed E-state index contributed by atoms with van der Waals surface area (Å²) < 4.78 is 0. The van der Waals surface area contributed by atoms with E-state index in [1.165, 1.54) is 28.8 Å². The lowest BCUT2D eigenvalue weighted by atomic mass is 10.5. The topological polar surface area (TPSA) is 20.2 Å². The summed E-state index contributed by atoms with van der Waals surface area (Å²) >= 11 is 81.9. The monoisotopic (exact) mass is 1340 g/mol. The minimum Gasteiger partial charge on any atom is -0.396 e. The summed E-state index contributed by atoms with van der Waals surface area (Å²) in [6.45, 7) is 0.261. The number of rotatable bonds is 44. The van der Waals surface area contributed by atoms with E-state index in [-0.39, 0.29) is 6.61 Å². The van der Waals surface area contributed by atoms with Crippen LogP contribution < -0.4 is 0 Å². The van der Waals surface area contributed by atoms with Gasteiger partial charge in [-0.15, -0.1) is 0 Å². The average molecular weight is 1340 g/mol. The first-order valence-electron chi connectivity index (χ1n) is 20.4. The lowest BCUT2D eigenvalue weighted by Gasteiger charge is -2.20. The van der Waals surface area contributed by atoms with Crippen molar-refractivity contribution in [3.63, 3.8) is 0 Å². The highest BCUT2D eigenvalue weighted by molar-refractivity contribution is 8.08. The van der Waals surface area contributed by atoms with Gasteiger partial charge in [0.25, 0.3) is 0 Å². The summed E-state index contributed by atoms with van der Waals surface area (Å²) in [7, 11) is 0. The first-order chi connectivity index (χ1) is 30.7. The molecule has 7 unspecified atom stereocenters. The van der Waals surface area contributed by atoms with Crippen molar-refractivity contribution in [2.45, 2.75) is 36.7 Å².